The highest BCUT2D eigenvalue weighted by atomic mass is 15.0. The molecule has 128 valence electrons. The Balaban J connectivity index is 0.000000511. The van der Waals surface area contributed by atoms with Crippen molar-refractivity contribution < 1.29 is 4.90 Å². The molecule has 0 saturated heterocycles. The van der Waals surface area contributed by atoms with Gasteiger partial charge in [-0.1, -0.05) is 91.0 Å². The lowest BCUT2D eigenvalue weighted by atomic mass is 9.16. The zero-order valence-electron chi connectivity index (χ0n) is 15.5. The Kier molecular flexibility index (Phi) is 6.79. The van der Waals surface area contributed by atoms with E-state index in [4.69, 9.17) is 0 Å². The molecule has 0 atom stereocenters. The van der Waals surface area contributed by atoms with Crippen LogP contribution in [-0.4, -0.2) is 27.3 Å². The molecule has 25 heavy (non-hydrogen) atoms. The summed E-state index contributed by atoms with van der Waals surface area (Å²) in [6.45, 7) is 4.19. The van der Waals surface area contributed by atoms with E-state index in [9.17, 15) is 0 Å². The second-order valence-corrected chi connectivity index (χ2v) is 6.90. The van der Waals surface area contributed by atoms with Crippen LogP contribution in [-0.2, 0) is 0 Å². The van der Waals surface area contributed by atoms with E-state index in [0.717, 1.165) is 0 Å². The van der Waals surface area contributed by atoms with Crippen LogP contribution in [0.25, 0.3) is 0 Å². The topological polar surface area (TPSA) is 4.44 Å². The molecule has 0 amide bonds. The van der Waals surface area contributed by atoms with Crippen molar-refractivity contribution in [2.24, 2.45) is 0 Å². The standard InChI is InChI=1S/C20H18B.C3H9N/c1-2-21(18-12-6-3-7-13-18,19-14-8-4-9-15-19)20-16-10-5-11-17-20;1-4(2)3/h2-17H,1H2;1-3H3/q-1;/p+1. The van der Waals surface area contributed by atoms with E-state index in [1.54, 1.807) is 0 Å². The summed E-state index contributed by atoms with van der Waals surface area (Å²) in [5, 5.41) is 0. The molecule has 0 heterocycles. The molecule has 3 aromatic carbocycles. The van der Waals surface area contributed by atoms with Gasteiger partial charge in [0.2, 0.25) is 0 Å². The normalized spacial score (nSPS) is 10.7. The maximum atomic E-state index is 4.19. The quantitative estimate of drug-likeness (QED) is 0.694. The molecule has 2 heteroatoms. The Hall–Kier alpha value is -2.58. The first kappa shape index (κ1) is 18.8. The molecule has 3 aromatic rings. The second kappa shape index (κ2) is 9.05. The number of nitrogens with one attached hydrogen (secondary N) is 1. The molecule has 0 spiro atoms. The van der Waals surface area contributed by atoms with Crippen LogP contribution in [0.5, 0.6) is 0 Å². The van der Waals surface area contributed by atoms with Crippen molar-refractivity contribution in [1.82, 2.24) is 0 Å². The summed E-state index contributed by atoms with van der Waals surface area (Å²) < 4.78 is 0. The summed E-state index contributed by atoms with van der Waals surface area (Å²) in [7, 11) is 6.25. The van der Waals surface area contributed by atoms with Crippen molar-refractivity contribution >= 4 is 22.5 Å². The molecule has 0 bridgehead atoms. The monoisotopic (exact) mass is 329 g/mol. The van der Waals surface area contributed by atoms with Gasteiger partial charge in [0, 0.05) is 0 Å². The molecule has 0 aliphatic carbocycles. The van der Waals surface area contributed by atoms with Gasteiger partial charge < -0.3 is 4.90 Å². The summed E-state index contributed by atoms with van der Waals surface area (Å²) in [5.41, 5.74) is 3.89. The van der Waals surface area contributed by atoms with E-state index in [1.807, 2.05) is 0 Å². The predicted molar refractivity (Wildman–Crippen MR) is 113 cm³/mol. The fourth-order valence-electron chi connectivity index (χ4n) is 3.26. The van der Waals surface area contributed by atoms with Crippen LogP contribution >= 0.6 is 0 Å². The Bertz CT molecular complexity index is 652. The first-order valence-electron chi connectivity index (χ1n) is 8.84. The first-order valence-corrected chi connectivity index (χ1v) is 8.84. The van der Waals surface area contributed by atoms with Gasteiger partial charge >= 0.3 is 0 Å². The number of hydrogen-bond acceptors (Lipinski definition) is 0. The highest BCUT2D eigenvalue weighted by Gasteiger charge is 2.25. The average Bonchev–Trinajstić information content (AvgIpc) is 2.65. The second-order valence-electron chi connectivity index (χ2n) is 6.90. The molecule has 1 nitrogen and oxygen atoms in total. The molecule has 0 radical (unpaired) electrons. The Morgan fingerprint density at radius 3 is 1.04 bits per heavy atom. The van der Waals surface area contributed by atoms with Crippen molar-refractivity contribution in [3.05, 3.63) is 104 Å². The van der Waals surface area contributed by atoms with Gasteiger partial charge in [-0.2, -0.15) is 16.4 Å². The molecular weight excluding hydrogens is 301 g/mol. The van der Waals surface area contributed by atoms with Crippen molar-refractivity contribution in [2.45, 2.75) is 0 Å². The lowest BCUT2D eigenvalue weighted by Crippen LogP contribution is -3.02. The molecular formula is C23H28BN. The summed E-state index contributed by atoms with van der Waals surface area (Å²) in [5.74, 6) is 2.11. The van der Waals surface area contributed by atoms with E-state index in [-0.39, 0.29) is 0 Å². The van der Waals surface area contributed by atoms with Crippen LogP contribution < -0.4 is 21.3 Å². The highest BCUT2D eigenvalue weighted by molar-refractivity contribution is 7.14. The largest absolute Gasteiger partial charge is 0.342 e. The van der Waals surface area contributed by atoms with Gasteiger partial charge in [0.05, 0.1) is 27.3 Å². The van der Waals surface area contributed by atoms with Gasteiger partial charge in [0.25, 0.3) is 0 Å². The fourth-order valence-corrected chi connectivity index (χ4v) is 3.26. The third-order valence-electron chi connectivity index (χ3n) is 4.33. The Labute approximate surface area is 152 Å². The van der Waals surface area contributed by atoms with E-state index >= 15 is 0 Å². The van der Waals surface area contributed by atoms with Crippen molar-refractivity contribution in [2.75, 3.05) is 21.1 Å². The van der Waals surface area contributed by atoms with E-state index in [1.165, 1.54) is 21.3 Å². The van der Waals surface area contributed by atoms with E-state index in [2.05, 4.69) is 125 Å². The van der Waals surface area contributed by atoms with Gasteiger partial charge in [-0.05, 0) is 0 Å². The minimum absolute atomic E-state index is 1.13. The summed E-state index contributed by atoms with van der Waals surface area (Å²) in [4.78, 5) is 1.42. The van der Waals surface area contributed by atoms with E-state index < -0.39 is 6.15 Å². The molecule has 3 rings (SSSR count). The number of benzene rings is 3. The van der Waals surface area contributed by atoms with Crippen molar-refractivity contribution in [1.29, 1.82) is 0 Å². The smallest absolute Gasteiger partial charge is 0.0998 e. The molecule has 1 N–H and O–H groups in total. The summed E-state index contributed by atoms with van der Waals surface area (Å²) in [6, 6.07) is 31.9. The Morgan fingerprint density at radius 2 is 0.840 bits per heavy atom. The Morgan fingerprint density at radius 1 is 0.600 bits per heavy atom. The van der Waals surface area contributed by atoms with Crippen LogP contribution in [0.2, 0.25) is 0 Å². The molecule has 0 aliphatic heterocycles. The van der Waals surface area contributed by atoms with Gasteiger partial charge in [-0.3, -0.25) is 0 Å². The van der Waals surface area contributed by atoms with Crippen molar-refractivity contribution in [3.8, 4) is 0 Å². The van der Waals surface area contributed by atoms with Gasteiger partial charge in [-0.25, -0.2) is 5.98 Å². The van der Waals surface area contributed by atoms with Crippen LogP contribution in [0.4, 0.5) is 0 Å². The first-order chi connectivity index (χ1) is 12.1. The minimum Gasteiger partial charge on any atom is -0.342 e. The zero-order valence-corrected chi connectivity index (χ0v) is 15.5. The maximum absolute atomic E-state index is 4.19. The van der Waals surface area contributed by atoms with Crippen LogP contribution in [0.15, 0.2) is 104 Å². The zero-order chi connectivity index (χ0) is 18.1. The minimum atomic E-state index is -1.13. The van der Waals surface area contributed by atoms with Gasteiger partial charge in [-0.15, -0.1) is 6.58 Å². The molecule has 0 aliphatic rings. The SMILES string of the molecule is C=C[B-](c1ccccc1)(c1ccccc1)c1ccccc1.C[NH+](C)C. The molecule has 0 fully saturated rings. The maximum Gasteiger partial charge on any atom is 0.0998 e. The number of rotatable bonds is 4. The van der Waals surface area contributed by atoms with Crippen molar-refractivity contribution in [3.63, 3.8) is 0 Å². The van der Waals surface area contributed by atoms with Crippen LogP contribution in [0.1, 0.15) is 0 Å². The number of hydrogen-bond donors (Lipinski definition) is 1. The third-order valence-corrected chi connectivity index (χ3v) is 4.33. The summed E-state index contributed by atoms with van der Waals surface area (Å²) >= 11 is 0. The molecule has 0 aromatic heterocycles. The van der Waals surface area contributed by atoms with E-state index in [0.29, 0.717) is 0 Å². The van der Waals surface area contributed by atoms with Crippen LogP contribution in [0, 0.1) is 0 Å². The fraction of sp³-hybridized carbons (Fsp3) is 0.130. The predicted octanol–water partition coefficient (Wildman–Crippen LogP) is 1.64. The average molecular weight is 329 g/mol. The van der Waals surface area contributed by atoms with Crippen LogP contribution in [0.3, 0.4) is 0 Å². The highest BCUT2D eigenvalue weighted by Crippen LogP contribution is 2.08. The lowest BCUT2D eigenvalue weighted by molar-refractivity contribution is -0.836. The number of quaternary nitrogens is 1. The summed E-state index contributed by atoms with van der Waals surface area (Å²) in [6.07, 6.45) is -1.13. The molecule has 0 unspecified atom stereocenters. The molecule has 0 saturated carbocycles. The van der Waals surface area contributed by atoms with Gasteiger partial charge in [0.15, 0.2) is 0 Å². The lowest BCUT2D eigenvalue weighted by Gasteiger charge is -2.40. The third kappa shape index (κ3) is 4.49. The van der Waals surface area contributed by atoms with Gasteiger partial charge in [0.1, 0.15) is 0 Å².